The molecule has 2 fully saturated rings. The van der Waals surface area contributed by atoms with Gasteiger partial charge in [0.25, 0.3) is 0 Å². The van der Waals surface area contributed by atoms with Crippen LogP contribution < -0.4 is 0 Å². The molecule has 10 heavy (non-hydrogen) atoms. The average Bonchev–Trinajstić information content (AvgIpc) is 2.20. The summed E-state index contributed by atoms with van der Waals surface area (Å²) in [5.41, 5.74) is 0. The maximum Gasteiger partial charge on any atom is 0.0959 e. The van der Waals surface area contributed by atoms with Crippen LogP contribution in [0.3, 0.4) is 0 Å². The third kappa shape index (κ3) is 0.867. The molecule has 0 aliphatic carbocycles. The Morgan fingerprint density at radius 3 is 2.20 bits per heavy atom. The van der Waals surface area contributed by atoms with Crippen LogP contribution in [-0.2, 0) is 5.11 Å². The number of fused-ring (bicyclic) bond motifs is 2. The van der Waals surface area contributed by atoms with Gasteiger partial charge in [-0.05, 0) is 32.7 Å². The van der Waals surface area contributed by atoms with Crippen LogP contribution >= 0.6 is 0 Å². The van der Waals surface area contributed by atoms with Crippen molar-refractivity contribution in [2.75, 3.05) is 7.05 Å². The molecular formula is C8H14NO. The summed E-state index contributed by atoms with van der Waals surface area (Å²) in [6.45, 7) is 0. The van der Waals surface area contributed by atoms with Crippen molar-refractivity contribution < 1.29 is 5.11 Å². The summed E-state index contributed by atoms with van der Waals surface area (Å²) in [7, 11) is 2.16. The molecule has 2 heteroatoms. The second-order valence-electron chi connectivity index (χ2n) is 3.64. The van der Waals surface area contributed by atoms with Crippen LogP contribution in [0.15, 0.2) is 0 Å². The Labute approximate surface area is 61.8 Å². The summed E-state index contributed by atoms with van der Waals surface area (Å²) in [5, 5.41) is 11.1. The predicted octanol–water partition coefficient (Wildman–Crippen LogP) is 1.04. The monoisotopic (exact) mass is 140 g/mol. The molecule has 0 amide bonds. The van der Waals surface area contributed by atoms with Crippen molar-refractivity contribution in [3.63, 3.8) is 0 Å². The number of hydrogen-bond donors (Lipinski definition) is 0. The van der Waals surface area contributed by atoms with E-state index in [2.05, 4.69) is 11.9 Å². The van der Waals surface area contributed by atoms with Crippen molar-refractivity contribution in [3.05, 3.63) is 0 Å². The van der Waals surface area contributed by atoms with Crippen LogP contribution in [0.2, 0.25) is 0 Å². The summed E-state index contributed by atoms with van der Waals surface area (Å²) >= 11 is 0. The summed E-state index contributed by atoms with van der Waals surface area (Å²) in [6, 6.07) is 1.25. The highest BCUT2D eigenvalue weighted by molar-refractivity contribution is 4.92. The van der Waals surface area contributed by atoms with Gasteiger partial charge in [0.15, 0.2) is 0 Å². The first-order valence-electron chi connectivity index (χ1n) is 4.15. The fourth-order valence-electron chi connectivity index (χ4n) is 2.36. The van der Waals surface area contributed by atoms with Crippen molar-refractivity contribution in [1.82, 2.24) is 4.90 Å². The quantitative estimate of drug-likeness (QED) is 0.493. The molecular weight excluding hydrogens is 126 g/mol. The molecule has 2 rings (SSSR count). The van der Waals surface area contributed by atoms with E-state index in [1.807, 2.05) is 0 Å². The SMILES string of the molecule is CN1[C@@H]2CC[C@H]1C[C@H]([O])C2. The summed E-state index contributed by atoms with van der Waals surface area (Å²) in [6.07, 6.45) is 4.06. The average molecular weight is 140 g/mol. The Balaban J connectivity index is 2.09. The lowest BCUT2D eigenvalue weighted by atomic mass is 10.0. The third-order valence-corrected chi connectivity index (χ3v) is 3.05. The van der Waals surface area contributed by atoms with Crippen LogP contribution in [0.4, 0.5) is 0 Å². The van der Waals surface area contributed by atoms with Crippen LogP contribution in [0.5, 0.6) is 0 Å². The molecule has 0 aromatic carbocycles. The standard InChI is InChI=1S/C8H14NO/c1-9-6-2-3-7(9)5-8(10)4-6/h6-8H,2-5H2,1H3/t6-,7+,8-. The van der Waals surface area contributed by atoms with Gasteiger partial charge in [-0.3, -0.25) is 0 Å². The van der Waals surface area contributed by atoms with Gasteiger partial charge in [-0.25, -0.2) is 5.11 Å². The minimum absolute atomic E-state index is 0.256. The molecule has 2 aliphatic rings. The van der Waals surface area contributed by atoms with E-state index in [-0.39, 0.29) is 6.10 Å². The second kappa shape index (κ2) is 2.21. The van der Waals surface area contributed by atoms with Gasteiger partial charge in [0.05, 0.1) is 6.10 Å². The van der Waals surface area contributed by atoms with E-state index in [1.54, 1.807) is 0 Å². The summed E-state index contributed by atoms with van der Waals surface area (Å²) < 4.78 is 0. The molecule has 2 bridgehead atoms. The highest BCUT2D eigenvalue weighted by atomic mass is 16.3. The topological polar surface area (TPSA) is 23.1 Å². The molecule has 57 valence electrons. The molecule has 0 N–H and O–H groups in total. The minimum atomic E-state index is -0.256. The molecule has 0 spiro atoms. The zero-order valence-electron chi connectivity index (χ0n) is 6.42. The zero-order chi connectivity index (χ0) is 7.14. The van der Waals surface area contributed by atoms with Crippen LogP contribution in [-0.4, -0.2) is 30.1 Å². The van der Waals surface area contributed by atoms with Crippen molar-refractivity contribution >= 4 is 0 Å². The lowest BCUT2D eigenvalue weighted by molar-refractivity contribution is 0.00359. The van der Waals surface area contributed by atoms with E-state index in [9.17, 15) is 5.11 Å². The number of nitrogens with zero attached hydrogens (tertiary/aromatic N) is 1. The number of rotatable bonds is 0. The van der Waals surface area contributed by atoms with Crippen molar-refractivity contribution in [3.8, 4) is 0 Å². The fraction of sp³-hybridized carbons (Fsp3) is 1.00. The number of hydrogen-bond acceptors (Lipinski definition) is 1. The number of piperidine rings is 1. The van der Waals surface area contributed by atoms with Gasteiger partial charge in [-0.15, -0.1) is 0 Å². The van der Waals surface area contributed by atoms with E-state index < -0.39 is 0 Å². The van der Waals surface area contributed by atoms with Gasteiger partial charge in [0.1, 0.15) is 0 Å². The van der Waals surface area contributed by atoms with E-state index in [1.165, 1.54) is 12.8 Å². The van der Waals surface area contributed by atoms with Gasteiger partial charge in [-0.1, -0.05) is 0 Å². The van der Waals surface area contributed by atoms with Crippen LogP contribution in [0.25, 0.3) is 0 Å². The molecule has 0 aromatic heterocycles. The van der Waals surface area contributed by atoms with E-state index in [0.29, 0.717) is 12.1 Å². The molecule has 0 unspecified atom stereocenters. The van der Waals surface area contributed by atoms with Gasteiger partial charge in [-0.2, -0.15) is 0 Å². The molecule has 1 radical (unpaired) electrons. The Bertz CT molecular complexity index is 123. The van der Waals surface area contributed by atoms with Gasteiger partial charge >= 0.3 is 0 Å². The predicted molar refractivity (Wildman–Crippen MR) is 38.3 cm³/mol. The molecule has 3 atom stereocenters. The van der Waals surface area contributed by atoms with Gasteiger partial charge in [0.2, 0.25) is 0 Å². The Hall–Kier alpha value is -0.0800. The van der Waals surface area contributed by atoms with Gasteiger partial charge in [0, 0.05) is 12.1 Å². The Morgan fingerprint density at radius 2 is 1.70 bits per heavy atom. The van der Waals surface area contributed by atoms with Crippen LogP contribution in [0.1, 0.15) is 25.7 Å². The van der Waals surface area contributed by atoms with E-state index in [4.69, 9.17) is 0 Å². The second-order valence-corrected chi connectivity index (χ2v) is 3.64. The molecule has 2 saturated heterocycles. The largest absolute Gasteiger partial charge is 0.300 e. The highest BCUT2D eigenvalue weighted by Crippen LogP contribution is 2.34. The zero-order valence-corrected chi connectivity index (χ0v) is 6.42. The van der Waals surface area contributed by atoms with E-state index >= 15 is 0 Å². The molecule has 2 nitrogen and oxygen atoms in total. The summed E-state index contributed by atoms with van der Waals surface area (Å²) in [4.78, 5) is 2.40. The first kappa shape index (κ1) is 6.62. The minimum Gasteiger partial charge on any atom is -0.300 e. The van der Waals surface area contributed by atoms with Crippen LogP contribution in [0, 0.1) is 0 Å². The molecule has 0 saturated carbocycles. The third-order valence-electron chi connectivity index (χ3n) is 3.05. The molecule has 2 heterocycles. The lowest BCUT2D eigenvalue weighted by Crippen LogP contribution is -2.41. The maximum atomic E-state index is 11.1. The molecule has 0 aromatic rings. The first-order chi connectivity index (χ1) is 4.77. The highest BCUT2D eigenvalue weighted by Gasteiger charge is 2.38. The Morgan fingerprint density at radius 1 is 1.20 bits per heavy atom. The van der Waals surface area contributed by atoms with E-state index in [0.717, 1.165) is 12.8 Å². The summed E-state index contributed by atoms with van der Waals surface area (Å²) in [5.74, 6) is 0. The molecule has 2 aliphatic heterocycles. The first-order valence-corrected chi connectivity index (χ1v) is 4.15. The van der Waals surface area contributed by atoms with Crippen molar-refractivity contribution in [2.24, 2.45) is 0 Å². The van der Waals surface area contributed by atoms with Crippen molar-refractivity contribution in [1.29, 1.82) is 0 Å². The Kier molecular flexibility index (Phi) is 1.46. The smallest absolute Gasteiger partial charge is 0.0959 e. The lowest BCUT2D eigenvalue weighted by Gasteiger charge is -2.32. The van der Waals surface area contributed by atoms with Crippen molar-refractivity contribution in [2.45, 2.75) is 43.9 Å². The van der Waals surface area contributed by atoms with Gasteiger partial charge < -0.3 is 4.90 Å². The maximum absolute atomic E-state index is 11.1. The fourth-order valence-corrected chi connectivity index (χ4v) is 2.36. The normalized spacial score (nSPS) is 48.0.